The molecule has 5 heteroatoms. The van der Waals surface area contributed by atoms with Gasteiger partial charge in [-0.25, -0.2) is 9.90 Å². The van der Waals surface area contributed by atoms with Crippen LogP contribution < -0.4 is 0 Å². The maximum atomic E-state index is 9.67. The quantitative estimate of drug-likeness (QED) is 0.559. The Balaban J connectivity index is 4.23. The van der Waals surface area contributed by atoms with Crippen molar-refractivity contribution in [3.63, 3.8) is 0 Å². The Morgan fingerprint density at radius 2 is 1.50 bits per heavy atom. The molecule has 0 unspecified atom stereocenters. The van der Waals surface area contributed by atoms with Crippen LogP contribution >= 0.6 is 34.8 Å². The standard InChI is InChI=1S/C3Cl3O2/c4-1(2(5)6)3(7)8. The molecule has 0 amide bonds. The predicted molar refractivity (Wildman–Crippen MR) is 30.3 cm³/mol. The number of hydrogen-bond acceptors (Lipinski definition) is 1. The molecule has 0 aliphatic carbocycles. The van der Waals surface area contributed by atoms with E-state index in [0.717, 1.165) is 0 Å². The van der Waals surface area contributed by atoms with Crippen LogP contribution in [0.1, 0.15) is 0 Å². The highest BCUT2D eigenvalue weighted by Crippen LogP contribution is 2.17. The second-order valence-corrected chi connectivity index (χ2v) is 2.19. The van der Waals surface area contributed by atoms with Crippen LogP contribution in [0.4, 0.5) is 0 Å². The Bertz CT molecular complexity index is 135. The molecule has 0 spiro atoms. The molecular formula is C3Cl3O2. The van der Waals surface area contributed by atoms with Crippen molar-refractivity contribution in [1.29, 1.82) is 0 Å². The SMILES string of the molecule is [O]C(=O)C(Cl)=C(Cl)Cl. The predicted octanol–water partition coefficient (Wildman–Crippen LogP) is 1.83. The van der Waals surface area contributed by atoms with Crippen molar-refractivity contribution in [3.05, 3.63) is 9.52 Å². The lowest BCUT2D eigenvalue weighted by Gasteiger charge is -1.82. The highest BCUT2D eigenvalue weighted by Gasteiger charge is 2.08. The molecule has 0 heterocycles. The minimum absolute atomic E-state index is 0.494. The Hall–Kier alpha value is 0.0800. The normalized spacial score (nSPS) is 8.38. The third-order valence-electron chi connectivity index (χ3n) is 0.345. The van der Waals surface area contributed by atoms with Crippen molar-refractivity contribution in [2.75, 3.05) is 0 Å². The van der Waals surface area contributed by atoms with Crippen LogP contribution in [-0.4, -0.2) is 5.97 Å². The molecule has 0 aromatic rings. The lowest BCUT2D eigenvalue weighted by atomic mass is 10.7. The van der Waals surface area contributed by atoms with Crippen LogP contribution in [0.2, 0.25) is 0 Å². The summed E-state index contributed by atoms with van der Waals surface area (Å²) in [4.78, 5) is 9.67. The van der Waals surface area contributed by atoms with E-state index in [4.69, 9.17) is 34.8 Å². The van der Waals surface area contributed by atoms with Crippen molar-refractivity contribution in [3.8, 4) is 0 Å². The van der Waals surface area contributed by atoms with Crippen LogP contribution in [0.3, 0.4) is 0 Å². The fourth-order valence-electron chi connectivity index (χ4n) is 0.0772. The number of halogens is 3. The van der Waals surface area contributed by atoms with E-state index in [-0.39, 0.29) is 0 Å². The molecule has 1 radical (unpaired) electrons. The Morgan fingerprint density at radius 3 is 1.50 bits per heavy atom. The van der Waals surface area contributed by atoms with E-state index >= 15 is 0 Å². The smallest absolute Gasteiger partial charge is 0.240 e. The first-order chi connectivity index (χ1) is 3.55. The third-order valence-corrected chi connectivity index (χ3v) is 1.26. The van der Waals surface area contributed by atoms with Crippen LogP contribution in [0.15, 0.2) is 9.52 Å². The average Bonchev–Trinajstić information content (AvgIpc) is 1.64. The van der Waals surface area contributed by atoms with Gasteiger partial charge in [-0.05, 0) is 0 Å². The van der Waals surface area contributed by atoms with Crippen LogP contribution in [-0.2, 0) is 9.90 Å². The Morgan fingerprint density at radius 1 is 1.12 bits per heavy atom. The van der Waals surface area contributed by atoms with Gasteiger partial charge in [0, 0.05) is 0 Å². The summed E-state index contributed by atoms with van der Waals surface area (Å²) >= 11 is 14.7. The van der Waals surface area contributed by atoms with Gasteiger partial charge in [0.25, 0.3) is 0 Å². The van der Waals surface area contributed by atoms with E-state index in [1.165, 1.54) is 0 Å². The van der Waals surface area contributed by atoms with E-state index in [1.54, 1.807) is 0 Å². The van der Waals surface area contributed by atoms with Gasteiger partial charge in [-0.2, -0.15) is 0 Å². The molecule has 0 aromatic heterocycles. The summed E-state index contributed by atoms with van der Waals surface area (Å²) in [6.07, 6.45) is 0. The lowest BCUT2D eigenvalue weighted by molar-refractivity contribution is -0.137. The minimum Gasteiger partial charge on any atom is -0.240 e. The summed E-state index contributed by atoms with van der Waals surface area (Å²) in [6.45, 7) is 0. The van der Waals surface area contributed by atoms with Gasteiger partial charge >= 0.3 is 5.97 Å². The van der Waals surface area contributed by atoms with Crippen LogP contribution in [0.5, 0.6) is 0 Å². The Kier molecular flexibility index (Phi) is 3.21. The van der Waals surface area contributed by atoms with Gasteiger partial charge in [0.05, 0.1) is 0 Å². The molecule has 0 saturated heterocycles. The molecule has 0 aromatic carbocycles. The summed E-state index contributed by atoms with van der Waals surface area (Å²) in [5.74, 6) is -1.58. The van der Waals surface area contributed by atoms with Gasteiger partial charge in [0.2, 0.25) is 0 Å². The van der Waals surface area contributed by atoms with Gasteiger partial charge in [0.1, 0.15) is 4.49 Å². The van der Waals surface area contributed by atoms with Gasteiger partial charge in [0.15, 0.2) is 5.03 Å². The zero-order valence-electron chi connectivity index (χ0n) is 3.45. The van der Waals surface area contributed by atoms with Crippen molar-refractivity contribution in [2.45, 2.75) is 0 Å². The Labute approximate surface area is 60.6 Å². The van der Waals surface area contributed by atoms with Crippen molar-refractivity contribution in [2.24, 2.45) is 0 Å². The average molecular weight is 174 g/mol. The lowest BCUT2D eigenvalue weighted by Crippen LogP contribution is -1.90. The molecule has 45 valence electrons. The minimum atomic E-state index is -1.58. The highest BCUT2D eigenvalue weighted by atomic mass is 35.5. The molecule has 0 saturated carbocycles. The number of carbonyl (C=O) groups excluding carboxylic acids is 1. The van der Waals surface area contributed by atoms with Crippen LogP contribution in [0, 0.1) is 0 Å². The molecule has 2 nitrogen and oxygen atoms in total. The molecule has 0 aliphatic rings. The van der Waals surface area contributed by atoms with Crippen molar-refractivity contribution < 1.29 is 9.90 Å². The largest absolute Gasteiger partial charge is 0.400 e. The zero-order valence-corrected chi connectivity index (χ0v) is 5.72. The van der Waals surface area contributed by atoms with E-state index in [2.05, 4.69) is 0 Å². The van der Waals surface area contributed by atoms with E-state index < -0.39 is 15.5 Å². The second-order valence-electron chi connectivity index (χ2n) is 0.862. The maximum absolute atomic E-state index is 9.67. The van der Waals surface area contributed by atoms with Crippen molar-refractivity contribution in [1.82, 2.24) is 0 Å². The summed E-state index contributed by atoms with van der Waals surface area (Å²) in [7, 11) is 0. The molecule has 0 rings (SSSR count). The van der Waals surface area contributed by atoms with E-state index in [9.17, 15) is 9.90 Å². The van der Waals surface area contributed by atoms with E-state index in [0.29, 0.717) is 0 Å². The highest BCUT2D eigenvalue weighted by molar-refractivity contribution is 6.62. The van der Waals surface area contributed by atoms with Gasteiger partial charge < -0.3 is 0 Å². The number of rotatable bonds is 1. The first-order valence-electron chi connectivity index (χ1n) is 1.48. The second kappa shape index (κ2) is 3.17. The summed E-state index contributed by atoms with van der Waals surface area (Å²) in [5.41, 5.74) is 0. The molecule has 8 heavy (non-hydrogen) atoms. The summed E-state index contributed by atoms with van der Waals surface area (Å²) < 4.78 is -0.494. The van der Waals surface area contributed by atoms with Gasteiger partial charge in [-0.1, -0.05) is 34.8 Å². The zero-order chi connectivity index (χ0) is 6.73. The number of hydrogen-bond donors (Lipinski definition) is 0. The summed E-state index contributed by atoms with van der Waals surface area (Å²) in [5, 5.41) is 9.00. The van der Waals surface area contributed by atoms with Crippen LogP contribution in [0.25, 0.3) is 0 Å². The fourth-order valence-corrected chi connectivity index (χ4v) is 0.231. The van der Waals surface area contributed by atoms with E-state index in [1.807, 2.05) is 0 Å². The first-order valence-corrected chi connectivity index (χ1v) is 2.61. The molecule has 0 N–H and O–H groups in total. The van der Waals surface area contributed by atoms with Crippen molar-refractivity contribution >= 4 is 40.8 Å². The summed E-state index contributed by atoms with van der Waals surface area (Å²) in [6, 6.07) is 0. The monoisotopic (exact) mass is 173 g/mol. The molecule has 0 atom stereocenters. The molecule has 0 bridgehead atoms. The van der Waals surface area contributed by atoms with Gasteiger partial charge in [-0.3, -0.25) is 0 Å². The third kappa shape index (κ3) is 2.40. The first kappa shape index (κ1) is 8.08. The molecular weight excluding hydrogens is 174 g/mol. The topological polar surface area (TPSA) is 37.0 Å². The van der Waals surface area contributed by atoms with Gasteiger partial charge in [-0.15, -0.1) is 0 Å². The molecule has 0 aliphatic heterocycles. The maximum Gasteiger partial charge on any atom is 0.400 e. The molecule has 0 fully saturated rings. The number of carbonyl (C=O) groups is 1. The fraction of sp³-hybridized carbons (Fsp3) is 0.